The highest BCUT2D eigenvalue weighted by molar-refractivity contribution is 6.31. The molecule has 6 fully saturated rings. The number of hydrogen-bond donors (Lipinski definition) is 3. The maximum Gasteiger partial charge on any atom is 0.417 e. The zero-order valence-electron chi connectivity index (χ0n) is 59.1. The molecule has 1 aromatic rings. The minimum absolute atomic E-state index is 0.0114. The number of carbonyl (C=O) groups is 12. The molecule has 0 aromatic heterocycles. The fourth-order valence-corrected chi connectivity index (χ4v) is 15.5. The minimum Gasteiger partial charge on any atom is -0.343 e. The van der Waals surface area contributed by atoms with Gasteiger partial charge in [-0.05, 0) is 106 Å². The summed E-state index contributed by atoms with van der Waals surface area (Å²) in [6, 6.07) is -7.75. The van der Waals surface area contributed by atoms with Crippen molar-refractivity contribution in [2.24, 2.45) is 17.8 Å². The van der Waals surface area contributed by atoms with Crippen molar-refractivity contribution in [1.29, 1.82) is 0 Å². The second-order valence-corrected chi connectivity index (χ2v) is 29.1. The van der Waals surface area contributed by atoms with E-state index in [1.54, 1.807) is 13.8 Å². The van der Waals surface area contributed by atoms with Crippen LogP contribution >= 0.6 is 11.6 Å². The molecule has 1 aromatic carbocycles. The third-order valence-electron chi connectivity index (χ3n) is 21.6. The van der Waals surface area contributed by atoms with Gasteiger partial charge in [0.25, 0.3) is 0 Å². The Bertz CT molecular complexity index is 3160. The Morgan fingerprint density at radius 3 is 1.82 bits per heavy atom. The van der Waals surface area contributed by atoms with E-state index in [0.29, 0.717) is 56.3 Å². The highest BCUT2D eigenvalue weighted by Crippen LogP contribution is 2.39. The summed E-state index contributed by atoms with van der Waals surface area (Å²) in [6.45, 7) is 1.62. The molecule has 3 saturated heterocycles. The van der Waals surface area contributed by atoms with Gasteiger partial charge in [-0.1, -0.05) is 95.7 Å². The zero-order chi connectivity index (χ0) is 73.9. The van der Waals surface area contributed by atoms with E-state index < -0.39 is 186 Å². The first-order valence-electron chi connectivity index (χ1n) is 35.2. The Hall–Kier alpha value is -7.27. The van der Waals surface area contributed by atoms with E-state index in [4.69, 9.17) is 11.6 Å². The van der Waals surface area contributed by atoms with Crippen LogP contribution in [0.4, 0.5) is 26.3 Å². The predicted octanol–water partition coefficient (Wildman–Crippen LogP) is 5.55. The highest BCUT2D eigenvalue weighted by Gasteiger charge is 2.52. The number of benzene rings is 1. The Kier molecular flexibility index (Phi) is 27.7. The molecule has 3 heterocycles. The lowest BCUT2D eigenvalue weighted by Crippen LogP contribution is -2.65. The molecule has 558 valence electrons. The average molecular weight is 1440 g/mol. The van der Waals surface area contributed by atoms with Gasteiger partial charge in [0.2, 0.25) is 70.9 Å². The topological polar surface area (TPSA) is 270 Å². The van der Waals surface area contributed by atoms with Crippen molar-refractivity contribution in [2.75, 3.05) is 88.6 Å². The molecule has 12 amide bonds. The van der Waals surface area contributed by atoms with Crippen molar-refractivity contribution in [2.45, 2.75) is 222 Å². The Morgan fingerprint density at radius 2 is 1.22 bits per heavy atom. The van der Waals surface area contributed by atoms with Gasteiger partial charge >= 0.3 is 12.4 Å². The van der Waals surface area contributed by atoms with E-state index in [0.717, 1.165) is 75.8 Å². The lowest BCUT2D eigenvalue weighted by molar-refractivity contribution is -0.163. The molecule has 0 radical (unpaired) electrons. The molecular formula is C69H101ClF6N12O12. The molecule has 8 atom stereocenters. The summed E-state index contributed by atoms with van der Waals surface area (Å²) < 4.78 is 85.8. The van der Waals surface area contributed by atoms with Crippen LogP contribution in [0.15, 0.2) is 18.2 Å². The Morgan fingerprint density at radius 1 is 0.620 bits per heavy atom. The molecule has 0 bridgehead atoms. The number of hydrogen-bond acceptors (Lipinski definition) is 12. The number of alkyl halides is 6. The van der Waals surface area contributed by atoms with Gasteiger partial charge in [0.1, 0.15) is 47.8 Å². The van der Waals surface area contributed by atoms with Gasteiger partial charge < -0.3 is 60.0 Å². The number of likely N-dealkylation sites (tertiary alicyclic amines) is 1. The number of aryl methyl sites for hydroxylation is 1. The summed E-state index contributed by atoms with van der Waals surface area (Å²) in [5.41, 5.74) is -2.49. The van der Waals surface area contributed by atoms with Crippen molar-refractivity contribution in [3.8, 4) is 0 Å². The first-order chi connectivity index (χ1) is 47.0. The minimum atomic E-state index is -5.09. The number of fused-ring (bicyclic) bond motifs is 1. The van der Waals surface area contributed by atoms with Crippen LogP contribution in [0.3, 0.4) is 0 Å². The SMILES string of the molecule is CC[C@H](C)[C@@H]1NC(=O)[C@H](CC(F)(F)F)N(C)C(=O)C[C@@H](C(=O)N2CCCC2)N(C)C(=O)[C@H](C2CCCCC2)N(C)C(=O)C2(CCCC2)NC(=O)C2CCCN2C(=O)[C@H](CCc2ccc(C(F)(F)F)c(Cl)c2)NC(=O)CN(C)C(=O)[C@H](CC2CCCC2)N(C)C(=O)CN(C)C(=O)CN(C)C1=O. The summed E-state index contributed by atoms with van der Waals surface area (Å²) in [6.07, 6.45) is -3.99. The van der Waals surface area contributed by atoms with Crippen LogP contribution in [0.25, 0.3) is 0 Å². The zero-order valence-corrected chi connectivity index (χ0v) is 59.8. The fraction of sp³-hybridized carbons (Fsp3) is 0.739. The normalized spacial score (nSPS) is 26.8. The van der Waals surface area contributed by atoms with Crippen LogP contribution in [0.5, 0.6) is 0 Å². The maximum atomic E-state index is 15.6. The molecule has 3 aliphatic carbocycles. The number of amides is 12. The molecule has 100 heavy (non-hydrogen) atoms. The van der Waals surface area contributed by atoms with Gasteiger partial charge in [-0.25, -0.2) is 0 Å². The number of nitrogens with zero attached hydrogens (tertiary/aromatic N) is 9. The standard InChI is InChI=1S/C69H101ClF6N12O12/c1-10-42(2)57-64(98)82(5)40-55(91)80(3)41-56(92)83(6)50(36-43-21-14-15-22-43)62(96)81(4)39-53(89)77-48(29-27-44-26-28-46(47(70)35-44)69(74,75)76)61(95)88-34-20-25-49(88)60(94)79-67(30-16-17-31-67)66(100)86(9)58(45-23-12-11-13-24-45)65(99)85(8)51(63(97)87-32-18-19-33-87)37-54(90)84(7)52(59(93)78-57)38-68(71,72)73/h26,28,35,42-43,45,48-52,57-58H,10-25,27,29-34,36-41H2,1-9H3,(H,77,89)(H,78,93)(H,79,94)/t42-,48-,49?,50-,51-,52-,57-,58-/m0/s1. The quantitative estimate of drug-likeness (QED) is 0.244. The first-order valence-corrected chi connectivity index (χ1v) is 35.6. The van der Waals surface area contributed by atoms with Gasteiger partial charge in [0.15, 0.2) is 0 Å². The summed E-state index contributed by atoms with van der Waals surface area (Å²) in [5.74, 6) is -11.5. The van der Waals surface area contributed by atoms with E-state index >= 15 is 19.2 Å². The molecule has 31 heteroatoms. The van der Waals surface area contributed by atoms with Crippen molar-refractivity contribution >= 4 is 82.5 Å². The van der Waals surface area contributed by atoms with E-state index in [9.17, 15) is 64.7 Å². The van der Waals surface area contributed by atoms with E-state index in [1.165, 1.54) is 63.1 Å². The highest BCUT2D eigenvalue weighted by atomic mass is 35.5. The lowest BCUT2D eigenvalue weighted by Gasteiger charge is -2.43. The van der Waals surface area contributed by atoms with Crippen molar-refractivity contribution < 1.29 is 83.9 Å². The molecule has 3 aliphatic heterocycles. The molecule has 3 saturated carbocycles. The molecule has 1 unspecified atom stereocenters. The van der Waals surface area contributed by atoms with Crippen LogP contribution in [0.2, 0.25) is 5.02 Å². The van der Waals surface area contributed by atoms with E-state index in [1.807, 2.05) is 0 Å². The van der Waals surface area contributed by atoms with E-state index in [-0.39, 0.29) is 82.5 Å². The number of nitrogens with one attached hydrogen (secondary N) is 3. The number of rotatable bonds is 10. The van der Waals surface area contributed by atoms with Crippen LogP contribution in [0, 0.1) is 17.8 Å². The van der Waals surface area contributed by atoms with Gasteiger partial charge in [-0.3, -0.25) is 57.5 Å². The van der Waals surface area contributed by atoms with Crippen LogP contribution < -0.4 is 16.0 Å². The lowest BCUT2D eigenvalue weighted by atomic mass is 9.81. The van der Waals surface area contributed by atoms with Gasteiger partial charge in [-0.2, -0.15) is 26.3 Å². The summed E-state index contributed by atoms with van der Waals surface area (Å²) in [7, 11) is 8.80. The molecule has 24 nitrogen and oxygen atoms in total. The second-order valence-electron chi connectivity index (χ2n) is 28.7. The van der Waals surface area contributed by atoms with Gasteiger partial charge in [0.05, 0.1) is 43.1 Å². The Balaban J connectivity index is 1.29. The Labute approximate surface area is 586 Å². The van der Waals surface area contributed by atoms with Crippen LogP contribution in [-0.2, 0) is 70.1 Å². The van der Waals surface area contributed by atoms with Crippen LogP contribution in [0.1, 0.15) is 166 Å². The van der Waals surface area contributed by atoms with Crippen LogP contribution in [-0.4, -0.2) is 258 Å². The molecule has 1 spiro atoms. The predicted molar refractivity (Wildman–Crippen MR) is 356 cm³/mol. The second kappa shape index (κ2) is 34.6. The number of likely N-dealkylation sites (N-methyl/N-ethyl adjacent to an activating group) is 7. The van der Waals surface area contributed by atoms with Crippen molar-refractivity contribution in [3.63, 3.8) is 0 Å². The third kappa shape index (κ3) is 19.9. The molecule has 3 N–H and O–H groups in total. The molecular weight excluding hydrogens is 1340 g/mol. The first kappa shape index (κ1) is 80.0. The summed E-state index contributed by atoms with van der Waals surface area (Å²) in [5, 5.41) is 7.54. The van der Waals surface area contributed by atoms with E-state index in [2.05, 4.69) is 16.0 Å². The summed E-state index contributed by atoms with van der Waals surface area (Å²) in [4.78, 5) is 187. The third-order valence-corrected chi connectivity index (χ3v) is 21.9. The molecule has 7 rings (SSSR count). The maximum absolute atomic E-state index is 15.6. The van der Waals surface area contributed by atoms with Gasteiger partial charge in [0, 0.05) is 69.0 Å². The van der Waals surface area contributed by atoms with Crippen molar-refractivity contribution in [3.05, 3.63) is 34.3 Å². The monoisotopic (exact) mass is 1440 g/mol. The average Bonchev–Trinajstić information content (AvgIpc) is 1.31. The smallest absolute Gasteiger partial charge is 0.343 e. The molecule has 6 aliphatic rings. The van der Waals surface area contributed by atoms with Crippen molar-refractivity contribution in [1.82, 2.24) is 60.0 Å². The fourth-order valence-electron chi connectivity index (χ4n) is 15.2. The number of halogens is 7. The number of carbonyl (C=O) groups excluding carboxylic acids is 12. The largest absolute Gasteiger partial charge is 0.417 e. The summed E-state index contributed by atoms with van der Waals surface area (Å²) >= 11 is 6.13. The van der Waals surface area contributed by atoms with Gasteiger partial charge in [-0.15, -0.1) is 0 Å².